The highest BCUT2D eigenvalue weighted by atomic mass is 32.1. The quantitative estimate of drug-likeness (QED) is 0.635. The van der Waals surface area contributed by atoms with E-state index in [1.54, 1.807) is 0 Å². The van der Waals surface area contributed by atoms with Gasteiger partial charge in [0.1, 0.15) is 5.01 Å². The molecular formula is C25H32N3OS+. The predicted molar refractivity (Wildman–Crippen MR) is 126 cm³/mol. The number of amides is 1. The van der Waals surface area contributed by atoms with Gasteiger partial charge in [-0.05, 0) is 55.9 Å². The van der Waals surface area contributed by atoms with E-state index in [9.17, 15) is 4.79 Å². The second kappa shape index (κ2) is 8.86. The fourth-order valence-corrected chi connectivity index (χ4v) is 5.63. The lowest BCUT2D eigenvalue weighted by Gasteiger charge is -2.32. The zero-order valence-corrected chi connectivity index (χ0v) is 19.2. The Balaban J connectivity index is 1.48. The molecule has 2 heterocycles. The molecule has 3 atom stereocenters. The van der Waals surface area contributed by atoms with E-state index in [4.69, 9.17) is 4.98 Å². The second-order valence-corrected chi connectivity index (χ2v) is 9.94. The molecule has 1 saturated heterocycles. The van der Waals surface area contributed by atoms with Gasteiger partial charge in [-0.3, -0.25) is 4.79 Å². The number of rotatable bonds is 5. The lowest BCUT2D eigenvalue weighted by molar-refractivity contribution is -0.920. The standard InChI is InChI=1S/C25H31N3OS/c1-16(2)20-11-7-9-17(3)23(20)27-24(29)18(4)28-14-8-10-19(15-28)25-26-21-12-5-6-13-22(21)30-25/h5-7,9,11-13,16,18-19H,8,10,14-15H2,1-4H3,(H,27,29)/p+1/t18-,19-/m0/s1. The van der Waals surface area contributed by atoms with Crippen molar-refractivity contribution < 1.29 is 9.69 Å². The molecule has 5 heteroatoms. The number of nitrogens with one attached hydrogen (secondary N) is 2. The molecule has 158 valence electrons. The van der Waals surface area contributed by atoms with Crippen LogP contribution in [0.5, 0.6) is 0 Å². The van der Waals surface area contributed by atoms with Crippen molar-refractivity contribution in [3.8, 4) is 0 Å². The van der Waals surface area contributed by atoms with Crippen LogP contribution in [0.25, 0.3) is 10.2 Å². The van der Waals surface area contributed by atoms with E-state index in [1.807, 2.05) is 17.4 Å². The Kier molecular flexibility index (Phi) is 6.21. The third-order valence-corrected chi connectivity index (χ3v) is 7.60. The van der Waals surface area contributed by atoms with Gasteiger partial charge in [-0.1, -0.05) is 44.2 Å². The Morgan fingerprint density at radius 2 is 1.97 bits per heavy atom. The molecule has 1 fully saturated rings. The lowest BCUT2D eigenvalue weighted by Crippen LogP contribution is -3.17. The largest absolute Gasteiger partial charge is 0.324 e. The highest BCUT2D eigenvalue weighted by Crippen LogP contribution is 2.30. The maximum absolute atomic E-state index is 13.2. The molecule has 0 spiro atoms. The van der Waals surface area contributed by atoms with Gasteiger partial charge in [0.05, 0.1) is 29.2 Å². The van der Waals surface area contributed by atoms with Gasteiger partial charge in [-0.25, -0.2) is 4.98 Å². The average Bonchev–Trinajstić information content (AvgIpc) is 3.19. The first kappa shape index (κ1) is 21.0. The van der Waals surface area contributed by atoms with Crippen LogP contribution < -0.4 is 10.2 Å². The Bertz CT molecular complexity index is 1010. The maximum atomic E-state index is 13.2. The van der Waals surface area contributed by atoms with Crippen LogP contribution >= 0.6 is 11.3 Å². The summed E-state index contributed by atoms with van der Waals surface area (Å²) in [5, 5.41) is 4.48. The number of nitrogens with zero attached hydrogens (tertiary/aromatic N) is 1. The first-order valence-electron chi connectivity index (χ1n) is 11.0. The summed E-state index contributed by atoms with van der Waals surface area (Å²) in [7, 11) is 0. The molecule has 0 saturated carbocycles. The number of hydrogen-bond acceptors (Lipinski definition) is 3. The summed E-state index contributed by atoms with van der Waals surface area (Å²) >= 11 is 1.81. The minimum absolute atomic E-state index is 0.0817. The molecule has 0 bridgehead atoms. The number of para-hydroxylation sites is 2. The van der Waals surface area contributed by atoms with Crippen molar-refractivity contribution in [3.05, 3.63) is 58.6 Å². The van der Waals surface area contributed by atoms with E-state index in [2.05, 4.69) is 69.4 Å². The zero-order chi connectivity index (χ0) is 21.3. The van der Waals surface area contributed by atoms with E-state index >= 15 is 0 Å². The molecule has 1 aromatic heterocycles. The van der Waals surface area contributed by atoms with Gasteiger partial charge in [0.25, 0.3) is 5.91 Å². The van der Waals surface area contributed by atoms with Crippen LogP contribution in [0.2, 0.25) is 0 Å². The summed E-state index contributed by atoms with van der Waals surface area (Å²) in [4.78, 5) is 19.4. The summed E-state index contributed by atoms with van der Waals surface area (Å²) in [5.74, 6) is 0.929. The van der Waals surface area contributed by atoms with Crippen molar-refractivity contribution in [2.24, 2.45) is 0 Å². The minimum Gasteiger partial charge on any atom is -0.324 e. The number of quaternary nitrogens is 1. The van der Waals surface area contributed by atoms with Crippen molar-refractivity contribution in [2.45, 2.75) is 58.4 Å². The molecule has 4 nitrogen and oxygen atoms in total. The van der Waals surface area contributed by atoms with Gasteiger partial charge in [0, 0.05) is 5.69 Å². The smallest absolute Gasteiger partial charge is 0.282 e. The fraction of sp³-hybridized carbons (Fsp3) is 0.440. The predicted octanol–water partition coefficient (Wildman–Crippen LogP) is 4.52. The van der Waals surface area contributed by atoms with Gasteiger partial charge in [0.2, 0.25) is 0 Å². The van der Waals surface area contributed by atoms with Crippen molar-refractivity contribution in [1.29, 1.82) is 0 Å². The molecule has 1 unspecified atom stereocenters. The van der Waals surface area contributed by atoms with E-state index in [1.165, 1.54) is 20.2 Å². The number of piperidine rings is 1. The summed E-state index contributed by atoms with van der Waals surface area (Å²) in [5.41, 5.74) is 4.42. The van der Waals surface area contributed by atoms with Crippen LogP contribution in [0, 0.1) is 6.92 Å². The molecule has 2 N–H and O–H groups in total. The molecule has 1 amide bonds. The highest BCUT2D eigenvalue weighted by Gasteiger charge is 2.33. The van der Waals surface area contributed by atoms with Crippen LogP contribution in [0.3, 0.4) is 0 Å². The van der Waals surface area contributed by atoms with Gasteiger partial charge in [-0.2, -0.15) is 0 Å². The number of anilines is 1. The number of hydrogen-bond donors (Lipinski definition) is 2. The molecule has 2 aromatic carbocycles. The fourth-order valence-electron chi connectivity index (χ4n) is 4.52. The number of thiazole rings is 1. The molecule has 1 aliphatic heterocycles. The third-order valence-electron chi connectivity index (χ3n) is 6.40. The number of aromatic nitrogens is 1. The average molecular weight is 423 g/mol. The highest BCUT2D eigenvalue weighted by molar-refractivity contribution is 7.18. The Labute approximate surface area is 183 Å². The minimum atomic E-state index is -0.0817. The summed E-state index contributed by atoms with van der Waals surface area (Å²) in [6, 6.07) is 14.5. The monoisotopic (exact) mass is 422 g/mol. The second-order valence-electron chi connectivity index (χ2n) is 8.88. The van der Waals surface area contributed by atoms with Crippen LogP contribution in [-0.4, -0.2) is 30.0 Å². The van der Waals surface area contributed by atoms with Gasteiger partial charge in [0.15, 0.2) is 6.04 Å². The summed E-state index contributed by atoms with van der Waals surface area (Å²) < 4.78 is 1.26. The number of fused-ring (bicyclic) bond motifs is 1. The van der Waals surface area contributed by atoms with E-state index in [0.29, 0.717) is 11.8 Å². The number of carbonyl (C=O) groups excluding carboxylic acids is 1. The van der Waals surface area contributed by atoms with Gasteiger partial charge < -0.3 is 10.2 Å². The Morgan fingerprint density at radius 3 is 2.73 bits per heavy atom. The van der Waals surface area contributed by atoms with E-state index in [-0.39, 0.29) is 11.9 Å². The Hall–Kier alpha value is -2.24. The van der Waals surface area contributed by atoms with Gasteiger partial charge in [-0.15, -0.1) is 11.3 Å². The van der Waals surface area contributed by atoms with Crippen molar-refractivity contribution in [3.63, 3.8) is 0 Å². The van der Waals surface area contributed by atoms with Gasteiger partial charge >= 0.3 is 0 Å². The molecule has 1 aliphatic rings. The number of carbonyl (C=O) groups is 1. The van der Waals surface area contributed by atoms with Crippen molar-refractivity contribution in [1.82, 2.24) is 4.98 Å². The van der Waals surface area contributed by atoms with E-state index < -0.39 is 0 Å². The van der Waals surface area contributed by atoms with Crippen LogP contribution in [0.4, 0.5) is 5.69 Å². The first-order valence-corrected chi connectivity index (χ1v) is 11.9. The Morgan fingerprint density at radius 1 is 1.17 bits per heavy atom. The van der Waals surface area contributed by atoms with Crippen molar-refractivity contribution in [2.75, 3.05) is 18.4 Å². The number of aryl methyl sites for hydroxylation is 1. The molecular weight excluding hydrogens is 390 g/mol. The number of benzene rings is 2. The van der Waals surface area contributed by atoms with E-state index in [0.717, 1.165) is 42.7 Å². The summed E-state index contributed by atoms with van der Waals surface area (Å²) in [6.07, 6.45) is 2.29. The SMILES string of the molecule is Cc1cccc(C(C)C)c1NC(=O)[C@H](C)[NH+]1CCC[C@H](c2nc3ccccc3s2)C1. The third kappa shape index (κ3) is 4.28. The molecule has 0 aliphatic carbocycles. The zero-order valence-electron chi connectivity index (χ0n) is 18.4. The molecule has 3 aromatic rings. The van der Waals surface area contributed by atoms with Crippen LogP contribution in [-0.2, 0) is 4.79 Å². The van der Waals surface area contributed by atoms with Crippen molar-refractivity contribution >= 4 is 33.1 Å². The first-order chi connectivity index (χ1) is 14.4. The molecule has 30 heavy (non-hydrogen) atoms. The number of likely N-dealkylation sites (tertiary alicyclic amines) is 1. The molecule has 0 radical (unpaired) electrons. The van der Waals surface area contributed by atoms with Crippen LogP contribution in [0.1, 0.15) is 61.6 Å². The summed E-state index contributed by atoms with van der Waals surface area (Å²) in [6.45, 7) is 10.5. The topological polar surface area (TPSA) is 46.4 Å². The molecule has 4 rings (SSSR count). The lowest BCUT2D eigenvalue weighted by atomic mass is 9.96. The maximum Gasteiger partial charge on any atom is 0.282 e. The van der Waals surface area contributed by atoms with Crippen LogP contribution in [0.15, 0.2) is 42.5 Å². The normalized spacial score (nSPS) is 20.4.